The number of terminal acetylenes is 1. The quantitative estimate of drug-likeness (QED) is 0.402. The molecular formula is C11H14N2O3. The first-order chi connectivity index (χ1) is 7.63. The SMILES string of the molecule is C#CCCCCC(=O)N1CC(=O)NC(=O)C1. The third-order valence-electron chi connectivity index (χ3n) is 2.26. The van der Waals surface area contributed by atoms with E-state index in [0.29, 0.717) is 19.3 Å². The van der Waals surface area contributed by atoms with E-state index in [1.165, 1.54) is 4.90 Å². The zero-order valence-electron chi connectivity index (χ0n) is 8.99. The molecule has 5 heteroatoms. The van der Waals surface area contributed by atoms with Gasteiger partial charge in [-0.25, -0.2) is 0 Å². The summed E-state index contributed by atoms with van der Waals surface area (Å²) < 4.78 is 0. The number of imide groups is 1. The smallest absolute Gasteiger partial charge is 0.246 e. The second-order valence-corrected chi connectivity index (χ2v) is 3.63. The highest BCUT2D eigenvalue weighted by molar-refractivity contribution is 6.02. The maximum atomic E-state index is 11.6. The zero-order chi connectivity index (χ0) is 12.0. The maximum absolute atomic E-state index is 11.6. The number of hydrogen-bond acceptors (Lipinski definition) is 3. The Morgan fingerprint density at radius 2 is 1.94 bits per heavy atom. The van der Waals surface area contributed by atoms with Crippen LogP contribution in [0.5, 0.6) is 0 Å². The lowest BCUT2D eigenvalue weighted by atomic mass is 10.2. The minimum absolute atomic E-state index is 0.0281. The number of carbonyl (C=O) groups is 3. The second-order valence-electron chi connectivity index (χ2n) is 3.63. The van der Waals surface area contributed by atoms with E-state index < -0.39 is 11.8 Å². The van der Waals surface area contributed by atoms with E-state index in [1.807, 2.05) is 0 Å². The summed E-state index contributed by atoms with van der Waals surface area (Å²) >= 11 is 0. The number of amides is 3. The lowest BCUT2D eigenvalue weighted by Gasteiger charge is -2.25. The standard InChI is InChI=1S/C11H14N2O3/c1-2-3-4-5-6-11(16)13-7-9(14)12-10(15)8-13/h1H,3-8H2,(H,12,14,15). The van der Waals surface area contributed by atoms with E-state index in [-0.39, 0.29) is 19.0 Å². The Bertz CT molecular complexity index is 328. The minimum Gasteiger partial charge on any atom is -0.324 e. The highest BCUT2D eigenvalue weighted by Gasteiger charge is 2.25. The molecule has 0 aromatic heterocycles. The average Bonchev–Trinajstić information content (AvgIpc) is 2.22. The highest BCUT2D eigenvalue weighted by Crippen LogP contribution is 2.04. The van der Waals surface area contributed by atoms with Crippen molar-refractivity contribution in [3.05, 3.63) is 0 Å². The summed E-state index contributed by atoms with van der Waals surface area (Å²) in [7, 11) is 0. The molecule has 0 aromatic carbocycles. The van der Waals surface area contributed by atoms with Crippen LogP contribution in [-0.4, -0.2) is 35.7 Å². The molecule has 5 nitrogen and oxygen atoms in total. The maximum Gasteiger partial charge on any atom is 0.246 e. The summed E-state index contributed by atoms with van der Waals surface area (Å²) in [5.74, 6) is 1.48. The van der Waals surface area contributed by atoms with E-state index in [9.17, 15) is 14.4 Å². The van der Waals surface area contributed by atoms with Gasteiger partial charge in [-0.15, -0.1) is 12.3 Å². The van der Waals surface area contributed by atoms with Gasteiger partial charge < -0.3 is 4.90 Å². The van der Waals surface area contributed by atoms with Crippen LogP contribution in [0.25, 0.3) is 0 Å². The fourth-order valence-electron chi connectivity index (χ4n) is 1.47. The molecule has 1 fully saturated rings. The van der Waals surface area contributed by atoms with E-state index in [4.69, 9.17) is 6.42 Å². The van der Waals surface area contributed by atoms with Gasteiger partial charge in [0, 0.05) is 12.8 Å². The molecule has 0 unspecified atom stereocenters. The molecule has 1 aliphatic heterocycles. The predicted octanol–water partition coefficient (Wildman–Crippen LogP) is -0.335. The van der Waals surface area contributed by atoms with Crippen LogP contribution in [0.1, 0.15) is 25.7 Å². The molecule has 1 aliphatic rings. The molecular weight excluding hydrogens is 208 g/mol. The fourth-order valence-corrected chi connectivity index (χ4v) is 1.47. The third-order valence-corrected chi connectivity index (χ3v) is 2.26. The lowest BCUT2D eigenvalue weighted by molar-refractivity contribution is -0.145. The monoisotopic (exact) mass is 222 g/mol. The van der Waals surface area contributed by atoms with E-state index >= 15 is 0 Å². The summed E-state index contributed by atoms with van der Waals surface area (Å²) in [6.07, 6.45) is 7.54. The van der Waals surface area contributed by atoms with Gasteiger partial charge in [0.15, 0.2) is 0 Å². The average molecular weight is 222 g/mol. The molecule has 1 N–H and O–H groups in total. The highest BCUT2D eigenvalue weighted by atomic mass is 16.2. The second kappa shape index (κ2) is 5.91. The molecule has 3 amide bonds. The van der Waals surface area contributed by atoms with Crippen LogP contribution in [0, 0.1) is 12.3 Å². The summed E-state index contributed by atoms with van der Waals surface area (Å²) in [6.45, 7) is -0.0561. The molecule has 0 spiro atoms. The van der Waals surface area contributed by atoms with Crippen LogP contribution in [0.3, 0.4) is 0 Å². The van der Waals surface area contributed by atoms with Gasteiger partial charge in [0.05, 0.1) is 0 Å². The minimum atomic E-state index is -0.423. The molecule has 0 radical (unpaired) electrons. The summed E-state index contributed by atoms with van der Waals surface area (Å²) in [6, 6.07) is 0. The van der Waals surface area contributed by atoms with Gasteiger partial charge in [0.2, 0.25) is 17.7 Å². The lowest BCUT2D eigenvalue weighted by Crippen LogP contribution is -2.53. The largest absolute Gasteiger partial charge is 0.324 e. The molecule has 0 saturated carbocycles. The normalized spacial score (nSPS) is 15.6. The number of piperazine rings is 1. The Morgan fingerprint density at radius 1 is 1.31 bits per heavy atom. The van der Waals surface area contributed by atoms with Crippen molar-refractivity contribution >= 4 is 17.7 Å². The molecule has 16 heavy (non-hydrogen) atoms. The van der Waals surface area contributed by atoms with Crippen LogP contribution in [0.4, 0.5) is 0 Å². The van der Waals surface area contributed by atoms with Crippen molar-refractivity contribution < 1.29 is 14.4 Å². The number of nitrogens with one attached hydrogen (secondary N) is 1. The van der Waals surface area contributed by atoms with Gasteiger partial charge in [-0.3, -0.25) is 19.7 Å². The molecule has 0 aliphatic carbocycles. The molecule has 0 aromatic rings. The van der Waals surface area contributed by atoms with Crippen molar-refractivity contribution in [2.75, 3.05) is 13.1 Å². The fraction of sp³-hybridized carbons (Fsp3) is 0.545. The Morgan fingerprint density at radius 3 is 2.50 bits per heavy atom. The van der Waals surface area contributed by atoms with Crippen LogP contribution in [0.2, 0.25) is 0 Å². The summed E-state index contributed by atoms with van der Waals surface area (Å²) in [5.41, 5.74) is 0. The van der Waals surface area contributed by atoms with Crippen molar-refractivity contribution in [1.29, 1.82) is 0 Å². The van der Waals surface area contributed by atoms with Gasteiger partial charge in [0.1, 0.15) is 13.1 Å². The first-order valence-corrected chi connectivity index (χ1v) is 5.17. The molecule has 0 bridgehead atoms. The topological polar surface area (TPSA) is 66.5 Å². The van der Waals surface area contributed by atoms with Crippen molar-refractivity contribution in [2.45, 2.75) is 25.7 Å². The van der Waals surface area contributed by atoms with Gasteiger partial charge in [0.25, 0.3) is 0 Å². The molecule has 1 heterocycles. The van der Waals surface area contributed by atoms with E-state index in [1.54, 1.807) is 0 Å². The zero-order valence-corrected chi connectivity index (χ0v) is 8.99. The van der Waals surface area contributed by atoms with Crippen LogP contribution in [-0.2, 0) is 14.4 Å². The number of rotatable bonds is 4. The van der Waals surface area contributed by atoms with Gasteiger partial charge in [-0.1, -0.05) is 0 Å². The van der Waals surface area contributed by atoms with Crippen molar-refractivity contribution in [1.82, 2.24) is 10.2 Å². The molecule has 1 rings (SSSR count). The first kappa shape index (κ1) is 12.2. The van der Waals surface area contributed by atoms with Gasteiger partial charge in [-0.2, -0.15) is 0 Å². The Labute approximate surface area is 94.2 Å². The Hall–Kier alpha value is -1.83. The predicted molar refractivity (Wildman–Crippen MR) is 57.0 cm³/mol. The third kappa shape index (κ3) is 3.73. The van der Waals surface area contributed by atoms with E-state index in [0.717, 1.165) is 6.42 Å². The Balaban J connectivity index is 2.33. The van der Waals surface area contributed by atoms with Gasteiger partial charge in [-0.05, 0) is 12.8 Å². The summed E-state index contributed by atoms with van der Waals surface area (Å²) in [5, 5.41) is 2.14. The first-order valence-electron chi connectivity index (χ1n) is 5.17. The number of nitrogens with zero attached hydrogens (tertiary/aromatic N) is 1. The van der Waals surface area contributed by atoms with E-state index in [2.05, 4.69) is 11.2 Å². The van der Waals surface area contributed by atoms with Crippen molar-refractivity contribution in [3.8, 4) is 12.3 Å². The number of unbranched alkanes of at least 4 members (excludes halogenated alkanes) is 2. The summed E-state index contributed by atoms with van der Waals surface area (Å²) in [4.78, 5) is 34.9. The van der Waals surface area contributed by atoms with Crippen LogP contribution >= 0.6 is 0 Å². The van der Waals surface area contributed by atoms with Crippen LogP contribution in [0.15, 0.2) is 0 Å². The van der Waals surface area contributed by atoms with Crippen molar-refractivity contribution in [3.63, 3.8) is 0 Å². The number of carbonyl (C=O) groups excluding carboxylic acids is 3. The van der Waals surface area contributed by atoms with Crippen LogP contribution < -0.4 is 5.32 Å². The molecule has 1 saturated heterocycles. The van der Waals surface area contributed by atoms with Crippen molar-refractivity contribution in [2.24, 2.45) is 0 Å². The molecule has 0 atom stereocenters. The van der Waals surface area contributed by atoms with Gasteiger partial charge >= 0.3 is 0 Å². The molecule has 86 valence electrons. The Kier molecular flexibility index (Phi) is 4.52. The number of hydrogen-bond donors (Lipinski definition) is 1.